The Bertz CT molecular complexity index is 3830. The van der Waals surface area contributed by atoms with Crippen molar-refractivity contribution in [3.05, 3.63) is 248 Å². The summed E-state index contributed by atoms with van der Waals surface area (Å²) in [5, 5.41) is 21.7. The molecular weight excluding hydrogens is 867 g/mol. The molecule has 3 aromatic heterocycles. The monoisotopic (exact) mass is 905 g/mol. The number of nitriles is 2. The van der Waals surface area contributed by atoms with Crippen LogP contribution in [0.25, 0.3) is 118 Å². The molecular formula is C64H39N7. The molecule has 9 aromatic carbocycles. The maximum atomic E-state index is 9.84. The van der Waals surface area contributed by atoms with Crippen molar-refractivity contribution in [2.45, 2.75) is 0 Å². The number of hydrogen-bond donors (Lipinski definition) is 0. The maximum Gasteiger partial charge on any atom is 0.162 e. The Morgan fingerprint density at radius 1 is 0.296 bits per heavy atom. The lowest BCUT2D eigenvalue weighted by Gasteiger charge is -2.17. The number of hydrogen-bond acceptors (Lipinski definition) is 6. The molecule has 0 atom stereocenters. The Labute approximate surface area is 410 Å². The summed E-state index contributed by atoms with van der Waals surface area (Å²) >= 11 is 0. The van der Waals surface area contributed by atoms with Crippen molar-refractivity contribution in [1.29, 1.82) is 10.5 Å². The molecule has 0 bridgehead atoms. The van der Waals surface area contributed by atoms with E-state index in [9.17, 15) is 10.5 Å². The van der Waals surface area contributed by atoms with Gasteiger partial charge in [0.1, 0.15) is 0 Å². The Balaban J connectivity index is 1.15. The summed E-state index contributed by atoms with van der Waals surface area (Å²) in [7, 11) is 0. The average Bonchev–Trinajstić information content (AvgIpc) is 3.78. The van der Waals surface area contributed by atoms with Crippen molar-refractivity contribution in [2.24, 2.45) is 0 Å². The Morgan fingerprint density at radius 3 is 1.13 bits per heavy atom. The summed E-state index contributed by atoms with van der Waals surface area (Å²) in [6.45, 7) is 0. The third kappa shape index (κ3) is 8.16. The van der Waals surface area contributed by atoms with Crippen molar-refractivity contribution in [3.8, 4) is 108 Å². The SMILES string of the molecule is N#Cc1cccc(-c2ccc3c(c2)c2cc(-c4cccc(C#N)c4)ccc2n3-c2ccc(-c3cc(-c4ccccc4)nc(-c4ccccc4)n3)cc2-c2nc(-c3ccccc3)cc(-c3ccccc3)n2)c1. The molecule has 0 aliphatic carbocycles. The fraction of sp³-hybridized carbons (Fsp3) is 0. The summed E-state index contributed by atoms with van der Waals surface area (Å²) in [6.07, 6.45) is 0. The van der Waals surface area contributed by atoms with Gasteiger partial charge in [0.2, 0.25) is 0 Å². The van der Waals surface area contributed by atoms with Crippen LogP contribution in [-0.4, -0.2) is 24.5 Å². The molecule has 0 fully saturated rings. The van der Waals surface area contributed by atoms with Gasteiger partial charge in [0.25, 0.3) is 0 Å². The van der Waals surface area contributed by atoms with Gasteiger partial charge < -0.3 is 4.57 Å². The maximum absolute atomic E-state index is 9.84. The second-order valence-corrected chi connectivity index (χ2v) is 17.3. The summed E-state index contributed by atoms with van der Waals surface area (Å²) < 4.78 is 2.31. The van der Waals surface area contributed by atoms with E-state index in [1.165, 1.54) is 0 Å². The third-order valence-electron chi connectivity index (χ3n) is 12.9. The number of aromatic nitrogens is 5. The zero-order valence-electron chi connectivity index (χ0n) is 38.1. The van der Waals surface area contributed by atoms with Gasteiger partial charge in [-0.3, -0.25) is 0 Å². The highest BCUT2D eigenvalue weighted by Gasteiger charge is 2.22. The van der Waals surface area contributed by atoms with E-state index in [2.05, 4.69) is 120 Å². The van der Waals surface area contributed by atoms with Crippen LogP contribution in [0.15, 0.2) is 237 Å². The largest absolute Gasteiger partial charge is 0.308 e. The summed E-state index contributed by atoms with van der Waals surface area (Å²) in [5.41, 5.74) is 16.5. The van der Waals surface area contributed by atoms with Gasteiger partial charge >= 0.3 is 0 Å². The van der Waals surface area contributed by atoms with Crippen LogP contribution in [0.5, 0.6) is 0 Å². The molecule has 12 rings (SSSR count). The highest BCUT2D eigenvalue weighted by molar-refractivity contribution is 6.12. The number of benzene rings is 9. The van der Waals surface area contributed by atoms with Gasteiger partial charge in [-0.15, -0.1) is 0 Å². The predicted molar refractivity (Wildman–Crippen MR) is 285 cm³/mol. The normalized spacial score (nSPS) is 11.1. The summed E-state index contributed by atoms with van der Waals surface area (Å²) in [5.74, 6) is 1.17. The van der Waals surface area contributed by atoms with Gasteiger partial charge in [0.15, 0.2) is 11.6 Å². The highest BCUT2D eigenvalue weighted by atomic mass is 15.0. The Kier molecular flexibility index (Phi) is 10.8. The molecule has 3 heterocycles. The highest BCUT2D eigenvalue weighted by Crippen LogP contribution is 2.42. The second kappa shape index (κ2) is 18.2. The number of nitrogens with zero attached hydrogens (tertiary/aromatic N) is 7. The van der Waals surface area contributed by atoms with Crippen molar-refractivity contribution >= 4 is 21.8 Å². The van der Waals surface area contributed by atoms with E-state index in [1.54, 1.807) is 0 Å². The van der Waals surface area contributed by atoms with Crippen LogP contribution < -0.4 is 0 Å². The van der Waals surface area contributed by atoms with E-state index in [1.807, 2.05) is 133 Å². The first-order chi connectivity index (χ1) is 35.1. The van der Waals surface area contributed by atoms with Gasteiger partial charge in [-0.2, -0.15) is 10.5 Å². The van der Waals surface area contributed by atoms with Gasteiger partial charge in [-0.05, 0) is 95.1 Å². The first-order valence-corrected chi connectivity index (χ1v) is 23.3. The van der Waals surface area contributed by atoms with Gasteiger partial charge in [0.05, 0.1) is 62.8 Å². The van der Waals surface area contributed by atoms with Crippen molar-refractivity contribution < 1.29 is 0 Å². The molecule has 7 heteroatoms. The van der Waals surface area contributed by atoms with Crippen LogP contribution in [0, 0.1) is 22.7 Å². The molecule has 0 saturated heterocycles. The first-order valence-electron chi connectivity index (χ1n) is 23.3. The molecule has 71 heavy (non-hydrogen) atoms. The summed E-state index contributed by atoms with van der Waals surface area (Å²) in [4.78, 5) is 21.2. The van der Waals surface area contributed by atoms with Crippen LogP contribution in [0.1, 0.15) is 11.1 Å². The fourth-order valence-corrected chi connectivity index (χ4v) is 9.40. The topological polar surface area (TPSA) is 104 Å². The molecule has 12 aromatic rings. The first kappa shape index (κ1) is 42.3. The van der Waals surface area contributed by atoms with E-state index < -0.39 is 0 Å². The van der Waals surface area contributed by atoms with Crippen molar-refractivity contribution in [3.63, 3.8) is 0 Å². The smallest absolute Gasteiger partial charge is 0.162 e. The molecule has 0 aliphatic heterocycles. The van der Waals surface area contributed by atoms with E-state index in [4.69, 9.17) is 19.9 Å². The predicted octanol–water partition coefficient (Wildman–Crippen LogP) is 15.4. The quantitative estimate of drug-likeness (QED) is 0.143. The van der Waals surface area contributed by atoms with Gasteiger partial charge in [-0.1, -0.05) is 164 Å². The van der Waals surface area contributed by atoms with Crippen molar-refractivity contribution in [1.82, 2.24) is 24.5 Å². The van der Waals surface area contributed by atoms with E-state index in [0.29, 0.717) is 22.8 Å². The van der Waals surface area contributed by atoms with Crippen LogP contribution in [0.4, 0.5) is 0 Å². The minimum atomic E-state index is 0.549. The van der Waals surface area contributed by atoms with Gasteiger partial charge in [-0.25, -0.2) is 19.9 Å². The molecule has 0 saturated carbocycles. The fourth-order valence-electron chi connectivity index (χ4n) is 9.40. The van der Waals surface area contributed by atoms with E-state index in [-0.39, 0.29) is 0 Å². The second-order valence-electron chi connectivity index (χ2n) is 17.3. The van der Waals surface area contributed by atoms with Gasteiger partial charge in [0, 0.05) is 44.2 Å². The average molecular weight is 906 g/mol. The van der Waals surface area contributed by atoms with E-state index in [0.717, 1.165) is 106 Å². The lowest BCUT2D eigenvalue weighted by Crippen LogP contribution is -2.03. The number of fused-ring (bicyclic) bond motifs is 3. The third-order valence-corrected chi connectivity index (χ3v) is 12.9. The van der Waals surface area contributed by atoms with Crippen molar-refractivity contribution in [2.75, 3.05) is 0 Å². The zero-order valence-corrected chi connectivity index (χ0v) is 38.1. The van der Waals surface area contributed by atoms with Crippen LogP contribution in [0.3, 0.4) is 0 Å². The standard InChI is InChI=1S/C64H39N7/c65-40-42-15-13-25-48(33-42)50-27-30-60-53(35-50)54-36-51(49-26-14-16-43(34-49)41-66)28-31-61(54)71(60)62-32-29-52(59-39-56(44-17-5-1-6-18-44)67-63(68-59)47-23-11-4-12-24-47)37-55(62)64-69-57(45-19-7-2-8-20-45)38-58(70-64)46-21-9-3-10-22-46/h1-39H. The molecule has 7 nitrogen and oxygen atoms in total. The minimum Gasteiger partial charge on any atom is -0.308 e. The summed E-state index contributed by atoms with van der Waals surface area (Å²) in [6, 6.07) is 84.4. The lowest BCUT2D eigenvalue weighted by molar-refractivity contribution is 1.13. The van der Waals surface area contributed by atoms with Crippen LogP contribution >= 0.6 is 0 Å². The molecule has 0 radical (unpaired) electrons. The molecule has 0 N–H and O–H groups in total. The minimum absolute atomic E-state index is 0.549. The molecule has 0 unspecified atom stereocenters. The van der Waals surface area contributed by atoms with E-state index >= 15 is 0 Å². The zero-order chi connectivity index (χ0) is 47.7. The lowest BCUT2D eigenvalue weighted by atomic mass is 9.99. The van der Waals surface area contributed by atoms with Crippen LogP contribution in [0.2, 0.25) is 0 Å². The Hall–Kier alpha value is -10.1. The molecule has 330 valence electrons. The molecule has 0 spiro atoms. The number of rotatable bonds is 9. The molecule has 0 aliphatic rings. The van der Waals surface area contributed by atoms with Crippen LogP contribution in [-0.2, 0) is 0 Å². The molecule has 0 amide bonds. The Morgan fingerprint density at radius 2 is 0.676 bits per heavy atom.